The molecular formula is C18H23NO3. The second kappa shape index (κ2) is 6.97. The Hall–Kier alpha value is -1.81. The summed E-state index contributed by atoms with van der Waals surface area (Å²) in [5.74, 6) is 0.634. The van der Waals surface area contributed by atoms with E-state index in [9.17, 15) is 9.90 Å². The maximum atomic E-state index is 12.5. The third-order valence-corrected chi connectivity index (χ3v) is 4.62. The third kappa shape index (κ3) is 3.33. The second-order valence-corrected chi connectivity index (χ2v) is 6.14. The fourth-order valence-electron chi connectivity index (χ4n) is 3.43. The Kier molecular flexibility index (Phi) is 4.78. The number of aliphatic hydroxyl groups excluding tert-OH is 1. The van der Waals surface area contributed by atoms with Crippen LogP contribution in [-0.4, -0.2) is 23.7 Å². The minimum absolute atomic E-state index is 0.0333. The number of furan rings is 1. The summed E-state index contributed by atoms with van der Waals surface area (Å²) in [6, 6.07) is 9.42. The standard InChI is InChI=1S/C18H23NO3/c20-11-10-15(13-6-2-1-3-7-13)19-18(21)17-12-14-8-4-5-9-16(14)22-17/h4-5,8-9,12-13,15,20H,1-3,6-7,10-11H2,(H,19,21). The lowest BCUT2D eigenvalue weighted by molar-refractivity contribution is 0.0873. The van der Waals surface area contributed by atoms with Crippen molar-refractivity contribution in [2.45, 2.75) is 44.6 Å². The van der Waals surface area contributed by atoms with Crippen molar-refractivity contribution in [2.75, 3.05) is 6.61 Å². The van der Waals surface area contributed by atoms with Gasteiger partial charge in [-0.05, 0) is 37.3 Å². The van der Waals surface area contributed by atoms with Crippen LogP contribution < -0.4 is 5.32 Å². The van der Waals surface area contributed by atoms with Gasteiger partial charge in [-0.3, -0.25) is 4.79 Å². The number of carbonyl (C=O) groups is 1. The van der Waals surface area contributed by atoms with Gasteiger partial charge in [0.1, 0.15) is 5.58 Å². The Labute approximate surface area is 130 Å². The average molecular weight is 301 g/mol. The molecule has 1 amide bonds. The fourth-order valence-corrected chi connectivity index (χ4v) is 3.43. The summed E-state index contributed by atoms with van der Waals surface area (Å²) >= 11 is 0. The van der Waals surface area contributed by atoms with Gasteiger partial charge in [0.15, 0.2) is 5.76 Å². The van der Waals surface area contributed by atoms with Crippen LogP contribution in [0.1, 0.15) is 49.1 Å². The minimum atomic E-state index is -0.180. The van der Waals surface area contributed by atoms with Crippen molar-refractivity contribution < 1.29 is 14.3 Å². The van der Waals surface area contributed by atoms with E-state index in [0.717, 1.165) is 23.8 Å². The van der Waals surface area contributed by atoms with E-state index in [0.29, 0.717) is 18.1 Å². The lowest BCUT2D eigenvalue weighted by Crippen LogP contribution is -2.41. The third-order valence-electron chi connectivity index (χ3n) is 4.62. The van der Waals surface area contributed by atoms with Crippen molar-refractivity contribution in [3.8, 4) is 0 Å². The van der Waals surface area contributed by atoms with E-state index < -0.39 is 0 Å². The van der Waals surface area contributed by atoms with Crippen LogP contribution in [-0.2, 0) is 0 Å². The number of benzene rings is 1. The van der Waals surface area contributed by atoms with E-state index in [1.807, 2.05) is 24.3 Å². The number of amides is 1. The summed E-state index contributed by atoms with van der Waals surface area (Å²) in [6.45, 7) is 0.0988. The van der Waals surface area contributed by atoms with Crippen molar-refractivity contribution in [3.05, 3.63) is 36.1 Å². The van der Waals surface area contributed by atoms with Crippen molar-refractivity contribution in [3.63, 3.8) is 0 Å². The predicted octanol–water partition coefficient (Wildman–Crippen LogP) is 3.49. The van der Waals surface area contributed by atoms with Gasteiger partial charge >= 0.3 is 0 Å². The number of hydrogen-bond donors (Lipinski definition) is 2. The number of nitrogens with one attached hydrogen (secondary N) is 1. The molecule has 4 heteroatoms. The van der Waals surface area contributed by atoms with Crippen molar-refractivity contribution in [1.29, 1.82) is 0 Å². The molecule has 3 rings (SSSR count). The normalized spacial score (nSPS) is 17.5. The van der Waals surface area contributed by atoms with E-state index in [2.05, 4.69) is 5.32 Å². The first-order valence-corrected chi connectivity index (χ1v) is 8.18. The van der Waals surface area contributed by atoms with Crippen LogP contribution in [0.4, 0.5) is 0 Å². The molecule has 22 heavy (non-hydrogen) atoms. The zero-order valence-electron chi connectivity index (χ0n) is 12.8. The Morgan fingerprint density at radius 2 is 2.05 bits per heavy atom. The second-order valence-electron chi connectivity index (χ2n) is 6.14. The van der Waals surface area contributed by atoms with Crippen LogP contribution in [0.2, 0.25) is 0 Å². The smallest absolute Gasteiger partial charge is 0.287 e. The van der Waals surface area contributed by atoms with Crippen LogP contribution in [0, 0.1) is 5.92 Å². The lowest BCUT2D eigenvalue weighted by Gasteiger charge is -2.30. The summed E-state index contributed by atoms with van der Waals surface area (Å²) in [4.78, 5) is 12.5. The summed E-state index contributed by atoms with van der Waals surface area (Å²) in [5.41, 5.74) is 0.726. The topological polar surface area (TPSA) is 62.5 Å². The first kappa shape index (κ1) is 15.1. The van der Waals surface area contributed by atoms with Crippen LogP contribution in [0.5, 0.6) is 0 Å². The molecule has 2 N–H and O–H groups in total. The van der Waals surface area contributed by atoms with Crippen molar-refractivity contribution >= 4 is 16.9 Å². The quantitative estimate of drug-likeness (QED) is 0.888. The fraction of sp³-hybridized carbons (Fsp3) is 0.500. The van der Waals surface area contributed by atoms with Crippen LogP contribution in [0.3, 0.4) is 0 Å². The van der Waals surface area contributed by atoms with Crippen LogP contribution in [0.15, 0.2) is 34.7 Å². The molecular weight excluding hydrogens is 278 g/mol. The highest BCUT2D eigenvalue weighted by Gasteiger charge is 2.26. The molecule has 0 spiro atoms. The molecule has 1 aliphatic rings. The van der Waals surface area contributed by atoms with Gasteiger partial charge in [-0.25, -0.2) is 0 Å². The van der Waals surface area contributed by atoms with E-state index in [1.165, 1.54) is 19.3 Å². The molecule has 0 aliphatic heterocycles. The maximum Gasteiger partial charge on any atom is 0.287 e. The van der Waals surface area contributed by atoms with Crippen molar-refractivity contribution in [2.24, 2.45) is 5.92 Å². The number of carbonyl (C=O) groups excluding carboxylic acids is 1. The Balaban J connectivity index is 1.72. The zero-order valence-corrected chi connectivity index (χ0v) is 12.8. The van der Waals surface area contributed by atoms with Gasteiger partial charge in [-0.1, -0.05) is 37.5 Å². The van der Waals surface area contributed by atoms with E-state index in [1.54, 1.807) is 6.07 Å². The predicted molar refractivity (Wildman–Crippen MR) is 85.7 cm³/mol. The van der Waals surface area contributed by atoms with Gasteiger partial charge in [0, 0.05) is 18.0 Å². The largest absolute Gasteiger partial charge is 0.451 e. The number of fused-ring (bicyclic) bond motifs is 1. The molecule has 1 aromatic heterocycles. The first-order chi connectivity index (χ1) is 10.8. The number of para-hydroxylation sites is 1. The molecule has 1 aliphatic carbocycles. The minimum Gasteiger partial charge on any atom is -0.451 e. The number of hydrogen-bond acceptors (Lipinski definition) is 3. The highest BCUT2D eigenvalue weighted by molar-refractivity contribution is 5.96. The Morgan fingerprint density at radius 3 is 2.77 bits per heavy atom. The van der Waals surface area contributed by atoms with Crippen LogP contribution in [0.25, 0.3) is 11.0 Å². The number of rotatable bonds is 5. The van der Waals surface area contributed by atoms with Gasteiger partial charge in [0.25, 0.3) is 5.91 Å². The highest BCUT2D eigenvalue weighted by Crippen LogP contribution is 2.28. The Bertz CT molecular complexity index is 595. The van der Waals surface area contributed by atoms with Crippen molar-refractivity contribution in [1.82, 2.24) is 5.32 Å². The molecule has 0 radical (unpaired) electrons. The van der Waals surface area contributed by atoms with Gasteiger partial charge in [-0.15, -0.1) is 0 Å². The van der Waals surface area contributed by atoms with E-state index in [-0.39, 0.29) is 18.6 Å². The molecule has 0 saturated heterocycles. The molecule has 1 fully saturated rings. The summed E-state index contributed by atoms with van der Waals surface area (Å²) in [7, 11) is 0. The van der Waals surface area contributed by atoms with E-state index in [4.69, 9.17) is 4.42 Å². The average Bonchev–Trinajstić information content (AvgIpc) is 2.99. The zero-order chi connectivity index (χ0) is 15.4. The summed E-state index contributed by atoms with van der Waals surface area (Å²) in [6.07, 6.45) is 6.58. The summed E-state index contributed by atoms with van der Waals surface area (Å²) < 4.78 is 5.62. The molecule has 0 bridgehead atoms. The summed E-state index contributed by atoms with van der Waals surface area (Å²) in [5, 5.41) is 13.3. The molecule has 4 nitrogen and oxygen atoms in total. The van der Waals surface area contributed by atoms with Gasteiger partial charge < -0.3 is 14.8 Å². The SMILES string of the molecule is O=C(NC(CCO)C1CCCCC1)c1cc2ccccc2o1. The Morgan fingerprint density at radius 1 is 1.27 bits per heavy atom. The molecule has 1 unspecified atom stereocenters. The van der Waals surface area contributed by atoms with E-state index >= 15 is 0 Å². The molecule has 1 aromatic carbocycles. The molecule has 118 valence electrons. The molecule has 1 saturated carbocycles. The molecule has 1 atom stereocenters. The number of aliphatic hydroxyl groups is 1. The first-order valence-electron chi connectivity index (χ1n) is 8.18. The maximum absolute atomic E-state index is 12.5. The lowest BCUT2D eigenvalue weighted by atomic mass is 9.82. The van der Waals surface area contributed by atoms with Gasteiger partial charge in [-0.2, -0.15) is 0 Å². The molecule has 2 aromatic rings. The van der Waals surface area contributed by atoms with Crippen LogP contribution >= 0.6 is 0 Å². The van der Waals surface area contributed by atoms with Gasteiger partial charge in [0.2, 0.25) is 0 Å². The highest BCUT2D eigenvalue weighted by atomic mass is 16.3. The monoisotopic (exact) mass is 301 g/mol. The molecule has 1 heterocycles. The van der Waals surface area contributed by atoms with Gasteiger partial charge in [0.05, 0.1) is 0 Å².